The van der Waals surface area contributed by atoms with Crippen LogP contribution in [-0.2, 0) is 11.4 Å². The molecule has 0 amide bonds. The molecule has 2 aromatic carbocycles. The molecule has 0 aliphatic rings. The Kier molecular flexibility index (Phi) is 5.43. The maximum absolute atomic E-state index is 5.90. The molecular formula is C24H21ClN6O2. The fourth-order valence-electron chi connectivity index (χ4n) is 3.76. The number of aryl methyl sites for hydroxylation is 1. The van der Waals surface area contributed by atoms with E-state index >= 15 is 0 Å². The van der Waals surface area contributed by atoms with Crippen LogP contribution < -0.4 is 4.74 Å². The quantitative estimate of drug-likeness (QED) is 0.266. The van der Waals surface area contributed by atoms with Crippen LogP contribution in [0.4, 0.5) is 0 Å². The summed E-state index contributed by atoms with van der Waals surface area (Å²) in [5.74, 6) is 1.33. The van der Waals surface area contributed by atoms with Crippen molar-refractivity contribution in [1.82, 2.24) is 24.1 Å². The number of halogens is 1. The molecule has 0 radical (unpaired) electrons. The van der Waals surface area contributed by atoms with E-state index in [2.05, 4.69) is 33.7 Å². The third kappa shape index (κ3) is 3.89. The molecule has 3 heterocycles. The Bertz CT molecular complexity index is 1470. The molecule has 0 bridgehead atoms. The third-order valence-corrected chi connectivity index (χ3v) is 5.80. The number of benzene rings is 2. The van der Waals surface area contributed by atoms with E-state index in [-0.39, 0.29) is 6.61 Å². The number of hydrogen-bond donors (Lipinski definition) is 0. The summed E-state index contributed by atoms with van der Waals surface area (Å²) in [6.45, 7) is 4.29. The second kappa shape index (κ2) is 8.55. The molecule has 0 spiro atoms. The summed E-state index contributed by atoms with van der Waals surface area (Å²) in [5, 5.41) is 10.1. The molecule has 0 saturated heterocycles. The molecule has 0 atom stereocenters. The number of ether oxygens (including phenoxy) is 1. The molecule has 0 saturated carbocycles. The summed E-state index contributed by atoms with van der Waals surface area (Å²) in [7, 11) is 1.66. The van der Waals surface area contributed by atoms with Gasteiger partial charge in [0.2, 0.25) is 0 Å². The van der Waals surface area contributed by atoms with E-state index < -0.39 is 0 Å². The van der Waals surface area contributed by atoms with Crippen molar-refractivity contribution in [2.75, 3.05) is 7.11 Å². The van der Waals surface area contributed by atoms with E-state index in [9.17, 15) is 0 Å². The lowest BCUT2D eigenvalue weighted by Gasteiger charge is -2.08. The molecule has 0 aliphatic carbocycles. The number of fused-ring (bicyclic) bond motifs is 3. The van der Waals surface area contributed by atoms with Gasteiger partial charge in [-0.25, -0.2) is 14.5 Å². The van der Waals surface area contributed by atoms with Gasteiger partial charge in [0.25, 0.3) is 0 Å². The topological polar surface area (TPSA) is 78.8 Å². The average Bonchev–Trinajstić information content (AvgIpc) is 3.36. The molecule has 5 aromatic rings. The zero-order chi connectivity index (χ0) is 22.9. The first-order valence-corrected chi connectivity index (χ1v) is 10.7. The first-order valence-electron chi connectivity index (χ1n) is 10.3. The first kappa shape index (κ1) is 21.0. The highest BCUT2D eigenvalue weighted by Gasteiger charge is 2.19. The Balaban J connectivity index is 1.45. The van der Waals surface area contributed by atoms with Gasteiger partial charge in [0.1, 0.15) is 12.1 Å². The molecule has 5 rings (SSSR count). The maximum Gasteiger partial charge on any atom is 0.192 e. The zero-order valence-electron chi connectivity index (χ0n) is 18.4. The van der Waals surface area contributed by atoms with Gasteiger partial charge in [-0.1, -0.05) is 28.9 Å². The molecule has 3 aromatic heterocycles. The van der Waals surface area contributed by atoms with Crippen molar-refractivity contribution in [3.63, 3.8) is 0 Å². The summed E-state index contributed by atoms with van der Waals surface area (Å²) < 4.78 is 9.08. The predicted octanol–water partition coefficient (Wildman–Crippen LogP) is 4.90. The number of hydrogen-bond acceptors (Lipinski definition) is 6. The second-order valence-electron chi connectivity index (χ2n) is 7.54. The summed E-state index contributed by atoms with van der Waals surface area (Å²) in [5.41, 5.74) is 5.63. The van der Waals surface area contributed by atoms with Crippen molar-refractivity contribution < 1.29 is 9.57 Å². The highest BCUT2D eigenvalue weighted by atomic mass is 35.5. The Hall–Kier alpha value is -3.91. The van der Waals surface area contributed by atoms with Gasteiger partial charge in [-0.2, -0.15) is 0 Å². The zero-order valence-corrected chi connectivity index (χ0v) is 19.1. The lowest BCUT2D eigenvalue weighted by molar-refractivity contribution is 0.126. The van der Waals surface area contributed by atoms with Gasteiger partial charge >= 0.3 is 0 Å². The molecule has 9 heteroatoms. The summed E-state index contributed by atoms with van der Waals surface area (Å²) in [4.78, 5) is 14.8. The summed E-state index contributed by atoms with van der Waals surface area (Å²) in [6, 6.07) is 15.2. The van der Waals surface area contributed by atoms with Crippen LogP contribution in [0.3, 0.4) is 0 Å². The van der Waals surface area contributed by atoms with Crippen molar-refractivity contribution in [2.24, 2.45) is 5.16 Å². The molecule has 0 N–H and O–H groups in total. The first-order chi connectivity index (χ1) is 16.0. The number of nitrogens with zero attached hydrogens (tertiary/aromatic N) is 6. The van der Waals surface area contributed by atoms with Crippen molar-refractivity contribution in [2.45, 2.75) is 20.5 Å². The number of aromatic nitrogens is 5. The number of methoxy groups -OCH3 is 1. The highest BCUT2D eigenvalue weighted by Crippen LogP contribution is 2.30. The minimum absolute atomic E-state index is 0.143. The average molecular weight is 461 g/mol. The smallest absolute Gasteiger partial charge is 0.192 e. The number of rotatable bonds is 6. The van der Waals surface area contributed by atoms with Gasteiger partial charge in [-0.15, -0.1) is 5.10 Å². The molecule has 0 unspecified atom stereocenters. The van der Waals surface area contributed by atoms with Crippen LogP contribution in [-0.4, -0.2) is 37.5 Å². The Morgan fingerprint density at radius 3 is 2.52 bits per heavy atom. The van der Waals surface area contributed by atoms with Crippen LogP contribution in [0.1, 0.15) is 22.6 Å². The van der Waals surface area contributed by atoms with Crippen LogP contribution in [0.2, 0.25) is 5.02 Å². The minimum Gasteiger partial charge on any atom is -0.497 e. The van der Waals surface area contributed by atoms with Gasteiger partial charge in [0, 0.05) is 16.4 Å². The summed E-state index contributed by atoms with van der Waals surface area (Å²) >= 11 is 5.90. The lowest BCUT2D eigenvalue weighted by atomic mass is 10.2. The molecule has 33 heavy (non-hydrogen) atoms. The Morgan fingerprint density at radius 2 is 1.79 bits per heavy atom. The summed E-state index contributed by atoms with van der Waals surface area (Å²) in [6.07, 6.45) is 3.29. The van der Waals surface area contributed by atoms with E-state index in [1.807, 2.05) is 36.4 Å². The second-order valence-corrected chi connectivity index (χ2v) is 7.98. The van der Waals surface area contributed by atoms with Crippen LogP contribution in [0, 0.1) is 13.8 Å². The van der Waals surface area contributed by atoms with Gasteiger partial charge in [0.15, 0.2) is 23.7 Å². The van der Waals surface area contributed by atoms with E-state index in [4.69, 9.17) is 26.2 Å². The van der Waals surface area contributed by atoms with Gasteiger partial charge < -0.3 is 9.57 Å². The lowest BCUT2D eigenvalue weighted by Crippen LogP contribution is -1.99. The normalized spacial score (nSPS) is 11.6. The molecule has 0 fully saturated rings. The van der Waals surface area contributed by atoms with Gasteiger partial charge in [-0.3, -0.25) is 4.57 Å². The Labute approximate surface area is 195 Å². The standard InChI is InChI=1S/C24H21ClN6O2/c1-15-16(2)31(19-8-10-20(32-3)11-9-19)23-22(15)24-28-21(29-30(24)14-26-23)13-33-27-12-17-4-6-18(25)7-5-17/h4-12,14H,13H2,1-3H3/b27-12-. The van der Waals surface area contributed by atoms with Gasteiger partial charge in [-0.05, 0) is 61.4 Å². The van der Waals surface area contributed by atoms with Crippen LogP contribution >= 0.6 is 11.6 Å². The van der Waals surface area contributed by atoms with Crippen molar-refractivity contribution in [1.29, 1.82) is 0 Å². The van der Waals surface area contributed by atoms with E-state index in [1.165, 1.54) is 0 Å². The van der Waals surface area contributed by atoms with Crippen molar-refractivity contribution in [3.05, 3.63) is 82.5 Å². The van der Waals surface area contributed by atoms with E-state index in [0.29, 0.717) is 10.8 Å². The molecule has 8 nitrogen and oxygen atoms in total. The molecule has 0 aliphatic heterocycles. The fourth-order valence-corrected chi connectivity index (χ4v) is 3.88. The Morgan fingerprint density at radius 1 is 1.03 bits per heavy atom. The van der Waals surface area contributed by atoms with Gasteiger partial charge in [0.05, 0.1) is 18.7 Å². The predicted molar refractivity (Wildman–Crippen MR) is 127 cm³/mol. The largest absolute Gasteiger partial charge is 0.497 e. The van der Waals surface area contributed by atoms with Crippen LogP contribution in [0.25, 0.3) is 22.4 Å². The van der Waals surface area contributed by atoms with Crippen molar-refractivity contribution >= 4 is 34.5 Å². The SMILES string of the molecule is COc1ccc(-n2c(C)c(C)c3c2ncn2nc(CO/N=C\c4ccc(Cl)cc4)nc32)cc1. The minimum atomic E-state index is 0.143. The van der Waals surface area contributed by atoms with Crippen LogP contribution in [0.15, 0.2) is 60.0 Å². The fraction of sp³-hybridized carbons (Fsp3) is 0.167. The van der Waals surface area contributed by atoms with E-state index in [1.54, 1.807) is 36.3 Å². The third-order valence-electron chi connectivity index (χ3n) is 5.55. The molecule has 166 valence electrons. The molecular weight excluding hydrogens is 440 g/mol. The van der Waals surface area contributed by atoms with E-state index in [0.717, 1.165) is 44.9 Å². The van der Waals surface area contributed by atoms with Crippen molar-refractivity contribution in [3.8, 4) is 11.4 Å². The number of oxime groups is 1. The van der Waals surface area contributed by atoms with Crippen LogP contribution in [0.5, 0.6) is 5.75 Å². The monoisotopic (exact) mass is 460 g/mol. The maximum atomic E-state index is 5.90. The highest BCUT2D eigenvalue weighted by molar-refractivity contribution is 6.30.